The molecule has 0 heterocycles. The van der Waals surface area contributed by atoms with Gasteiger partial charge in [0, 0.05) is 11.6 Å². The van der Waals surface area contributed by atoms with E-state index in [1.54, 1.807) is 32.9 Å². The fraction of sp³-hybridized carbons (Fsp3) is 0.316. The van der Waals surface area contributed by atoms with Crippen LogP contribution in [0.3, 0.4) is 0 Å². The van der Waals surface area contributed by atoms with Crippen LogP contribution in [-0.2, 0) is 10.0 Å². The Bertz CT molecular complexity index is 912. The van der Waals surface area contributed by atoms with Crippen LogP contribution in [0.2, 0.25) is 0 Å². The van der Waals surface area contributed by atoms with Gasteiger partial charge >= 0.3 is 0 Å². The van der Waals surface area contributed by atoms with Crippen molar-refractivity contribution in [2.24, 2.45) is 0 Å². The molecule has 2 N–H and O–H groups in total. The molecule has 8 heteroatoms. The first-order valence-electron chi connectivity index (χ1n) is 8.40. The molecule has 0 aliphatic rings. The average molecular weight is 394 g/mol. The van der Waals surface area contributed by atoms with Crippen molar-refractivity contribution in [2.75, 3.05) is 7.11 Å². The number of sulfonamides is 1. The van der Waals surface area contributed by atoms with E-state index in [9.17, 15) is 17.6 Å². The van der Waals surface area contributed by atoms with Crippen molar-refractivity contribution in [1.29, 1.82) is 0 Å². The summed E-state index contributed by atoms with van der Waals surface area (Å²) in [7, 11) is -2.48. The Morgan fingerprint density at radius 2 is 1.70 bits per heavy atom. The summed E-state index contributed by atoms with van der Waals surface area (Å²) in [6.07, 6.45) is 0. The van der Waals surface area contributed by atoms with Crippen LogP contribution in [0.1, 0.15) is 42.7 Å². The SMILES string of the molecule is COc1ccc(C(=O)N[C@@H](C)c2ccc(F)cc2)cc1S(=O)(=O)NC(C)C. The van der Waals surface area contributed by atoms with Gasteiger partial charge in [0.15, 0.2) is 0 Å². The number of hydrogen-bond acceptors (Lipinski definition) is 4. The molecule has 2 rings (SSSR count). The molecular formula is C19H23FN2O4S. The van der Waals surface area contributed by atoms with Gasteiger partial charge in [-0.25, -0.2) is 17.5 Å². The third-order valence-electron chi connectivity index (χ3n) is 3.82. The van der Waals surface area contributed by atoms with E-state index >= 15 is 0 Å². The van der Waals surface area contributed by atoms with Gasteiger partial charge in [-0.15, -0.1) is 0 Å². The second-order valence-electron chi connectivity index (χ2n) is 6.39. The minimum Gasteiger partial charge on any atom is -0.495 e. The number of methoxy groups -OCH3 is 1. The quantitative estimate of drug-likeness (QED) is 0.756. The lowest BCUT2D eigenvalue weighted by molar-refractivity contribution is 0.0939. The molecule has 1 amide bonds. The molecule has 2 aromatic carbocycles. The van der Waals surface area contributed by atoms with Gasteiger partial charge < -0.3 is 10.1 Å². The first-order chi connectivity index (χ1) is 12.6. The second-order valence-corrected chi connectivity index (χ2v) is 8.07. The van der Waals surface area contributed by atoms with Gasteiger partial charge in [-0.3, -0.25) is 4.79 Å². The van der Waals surface area contributed by atoms with E-state index in [1.165, 1.54) is 37.4 Å². The van der Waals surface area contributed by atoms with Crippen LogP contribution in [0.25, 0.3) is 0 Å². The molecule has 0 bridgehead atoms. The number of halogens is 1. The van der Waals surface area contributed by atoms with E-state index in [0.29, 0.717) is 0 Å². The third-order valence-corrected chi connectivity index (χ3v) is 5.50. The molecule has 0 unspecified atom stereocenters. The van der Waals surface area contributed by atoms with Crippen LogP contribution in [0, 0.1) is 5.82 Å². The van der Waals surface area contributed by atoms with E-state index in [0.717, 1.165) is 5.56 Å². The highest BCUT2D eigenvalue weighted by Crippen LogP contribution is 2.25. The number of carbonyl (C=O) groups is 1. The van der Waals surface area contributed by atoms with Crippen LogP contribution in [0.5, 0.6) is 5.75 Å². The highest BCUT2D eigenvalue weighted by molar-refractivity contribution is 7.89. The Kier molecular flexibility index (Phi) is 6.56. The smallest absolute Gasteiger partial charge is 0.251 e. The molecule has 0 aliphatic heterocycles. The fourth-order valence-electron chi connectivity index (χ4n) is 2.52. The van der Waals surface area contributed by atoms with E-state index in [-0.39, 0.29) is 34.1 Å². The predicted molar refractivity (Wildman–Crippen MR) is 101 cm³/mol. The first kappa shape index (κ1) is 20.9. The van der Waals surface area contributed by atoms with Crippen molar-refractivity contribution in [1.82, 2.24) is 10.0 Å². The van der Waals surface area contributed by atoms with E-state index < -0.39 is 15.9 Å². The van der Waals surface area contributed by atoms with Crippen molar-refractivity contribution in [3.05, 3.63) is 59.4 Å². The maximum atomic E-state index is 13.0. The molecule has 2 aromatic rings. The molecule has 0 aromatic heterocycles. The van der Waals surface area contributed by atoms with E-state index in [1.807, 2.05) is 0 Å². The number of benzene rings is 2. The van der Waals surface area contributed by atoms with Gasteiger partial charge in [0.25, 0.3) is 5.91 Å². The maximum absolute atomic E-state index is 13.0. The number of ether oxygens (including phenoxy) is 1. The molecule has 0 saturated heterocycles. The minimum atomic E-state index is -3.84. The van der Waals surface area contributed by atoms with Crippen molar-refractivity contribution < 1.29 is 22.3 Å². The zero-order chi connectivity index (χ0) is 20.2. The van der Waals surface area contributed by atoms with Crippen LogP contribution in [-0.4, -0.2) is 27.5 Å². The average Bonchev–Trinajstić information content (AvgIpc) is 2.60. The largest absolute Gasteiger partial charge is 0.495 e. The molecule has 1 atom stereocenters. The minimum absolute atomic E-state index is 0.110. The summed E-state index contributed by atoms with van der Waals surface area (Å²) in [6, 6.07) is 9.29. The Balaban J connectivity index is 2.28. The van der Waals surface area contributed by atoms with Crippen molar-refractivity contribution >= 4 is 15.9 Å². The van der Waals surface area contributed by atoms with Crippen LogP contribution in [0.15, 0.2) is 47.4 Å². The lowest BCUT2D eigenvalue weighted by Crippen LogP contribution is -2.31. The number of hydrogen-bond donors (Lipinski definition) is 2. The monoisotopic (exact) mass is 394 g/mol. The molecule has 146 valence electrons. The number of rotatable bonds is 7. The number of nitrogens with one attached hydrogen (secondary N) is 2. The normalized spacial score (nSPS) is 12.7. The van der Waals surface area contributed by atoms with Gasteiger partial charge in [0.1, 0.15) is 16.5 Å². The molecule has 27 heavy (non-hydrogen) atoms. The standard InChI is InChI=1S/C19H23FN2O4S/c1-12(2)22-27(24,25)18-11-15(7-10-17(18)26-4)19(23)21-13(3)14-5-8-16(20)9-6-14/h5-13,22H,1-4H3,(H,21,23)/t13-/m0/s1. The van der Waals surface area contributed by atoms with Crippen molar-refractivity contribution in [3.8, 4) is 5.75 Å². The zero-order valence-electron chi connectivity index (χ0n) is 15.6. The number of amides is 1. The van der Waals surface area contributed by atoms with Gasteiger partial charge in [-0.2, -0.15) is 0 Å². The molecular weight excluding hydrogens is 371 g/mol. The molecule has 0 radical (unpaired) electrons. The van der Waals surface area contributed by atoms with E-state index in [2.05, 4.69) is 10.0 Å². The van der Waals surface area contributed by atoms with Crippen LogP contribution < -0.4 is 14.8 Å². The summed E-state index contributed by atoms with van der Waals surface area (Å²) in [5.74, 6) is -0.665. The second kappa shape index (κ2) is 8.49. The molecule has 0 saturated carbocycles. The maximum Gasteiger partial charge on any atom is 0.251 e. The van der Waals surface area contributed by atoms with Crippen LogP contribution in [0.4, 0.5) is 4.39 Å². The van der Waals surface area contributed by atoms with Crippen molar-refractivity contribution in [3.63, 3.8) is 0 Å². The lowest BCUT2D eigenvalue weighted by Gasteiger charge is -2.16. The summed E-state index contributed by atoms with van der Waals surface area (Å²) in [5, 5.41) is 2.77. The Morgan fingerprint density at radius 3 is 2.26 bits per heavy atom. The molecule has 0 spiro atoms. The van der Waals surface area contributed by atoms with Crippen molar-refractivity contribution in [2.45, 2.75) is 37.8 Å². The van der Waals surface area contributed by atoms with Crippen LogP contribution >= 0.6 is 0 Å². The Hall–Kier alpha value is -2.45. The van der Waals surface area contributed by atoms with Gasteiger partial charge in [0.2, 0.25) is 10.0 Å². The van der Waals surface area contributed by atoms with Gasteiger partial charge in [0.05, 0.1) is 13.2 Å². The first-order valence-corrected chi connectivity index (χ1v) is 9.89. The number of carbonyl (C=O) groups excluding carboxylic acids is 1. The van der Waals surface area contributed by atoms with E-state index in [4.69, 9.17) is 4.74 Å². The Labute approximate surface area is 158 Å². The molecule has 0 aliphatic carbocycles. The van der Waals surface area contributed by atoms with Gasteiger partial charge in [-0.1, -0.05) is 12.1 Å². The Morgan fingerprint density at radius 1 is 1.07 bits per heavy atom. The topological polar surface area (TPSA) is 84.5 Å². The highest BCUT2D eigenvalue weighted by atomic mass is 32.2. The third kappa shape index (κ3) is 5.27. The lowest BCUT2D eigenvalue weighted by atomic mass is 10.1. The summed E-state index contributed by atoms with van der Waals surface area (Å²) in [4.78, 5) is 12.4. The summed E-state index contributed by atoms with van der Waals surface area (Å²) < 4.78 is 45.7. The molecule has 0 fully saturated rings. The zero-order valence-corrected chi connectivity index (χ0v) is 16.4. The fourth-order valence-corrected chi connectivity index (χ4v) is 3.96. The summed E-state index contributed by atoms with van der Waals surface area (Å²) in [5.41, 5.74) is 0.904. The van der Waals surface area contributed by atoms with Gasteiger partial charge in [-0.05, 0) is 56.7 Å². The predicted octanol–water partition coefficient (Wildman–Crippen LogP) is 3.01. The summed E-state index contributed by atoms with van der Waals surface area (Å²) >= 11 is 0. The molecule has 6 nitrogen and oxygen atoms in total. The summed E-state index contributed by atoms with van der Waals surface area (Å²) in [6.45, 7) is 5.16. The highest BCUT2D eigenvalue weighted by Gasteiger charge is 2.23.